The lowest BCUT2D eigenvalue weighted by atomic mass is 9.73. The van der Waals surface area contributed by atoms with Crippen molar-refractivity contribution in [2.75, 3.05) is 0 Å². The quantitative estimate of drug-likeness (QED) is 0.428. The highest BCUT2D eigenvalue weighted by Gasteiger charge is 2.30. The summed E-state index contributed by atoms with van der Waals surface area (Å²) in [6.07, 6.45) is 17.9. The minimum absolute atomic E-state index is 0.176. The van der Waals surface area contributed by atoms with Crippen molar-refractivity contribution in [3.05, 3.63) is 28.8 Å². The molecule has 0 saturated heterocycles. The summed E-state index contributed by atoms with van der Waals surface area (Å²) in [7, 11) is 0. The number of rotatable bonds is 7. The van der Waals surface area contributed by atoms with Gasteiger partial charge in [0.2, 0.25) is 0 Å². The van der Waals surface area contributed by atoms with Crippen LogP contribution in [0.1, 0.15) is 139 Å². The van der Waals surface area contributed by atoms with Gasteiger partial charge in [0.25, 0.3) is 0 Å². The summed E-state index contributed by atoms with van der Waals surface area (Å²) >= 11 is 0. The summed E-state index contributed by atoms with van der Waals surface area (Å²) in [5, 5.41) is 13.5. The van der Waals surface area contributed by atoms with E-state index in [1.807, 2.05) is 0 Å². The van der Waals surface area contributed by atoms with Crippen LogP contribution in [0.15, 0.2) is 12.1 Å². The van der Waals surface area contributed by atoms with Crippen molar-refractivity contribution >= 4 is 0 Å². The molecule has 1 nitrogen and oxygen atoms in total. The summed E-state index contributed by atoms with van der Waals surface area (Å²) in [4.78, 5) is 0. The van der Waals surface area contributed by atoms with Gasteiger partial charge in [-0.2, -0.15) is 0 Å². The molecular weight excluding hydrogens is 328 g/mol. The minimum Gasteiger partial charge on any atom is -0.289 e. The van der Waals surface area contributed by atoms with E-state index < -0.39 is 0 Å². The van der Waals surface area contributed by atoms with Crippen LogP contribution in [0.25, 0.3) is 0 Å². The van der Waals surface area contributed by atoms with Crippen LogP contribution in [0.2, 0.25) is 0 Å². The number of benzene rings is 1. The van der Waals surface area contributed by atoms with Crippen LogP contribution < -0.4 is 0 Å². The Bertz CT molecular complexity index is 549. The van der Waals surface area contributed by atoms with Gasteiger partial charge in [-0.15, -0.1) is 0 Å². The molecule has 2 aliphatic rings. The molecule has 1 radical (unpaired) electrons. The smallest absolute Gasteiger partial charge is 0.185 e. The van der Waals surface area contributed by atoms with Crippen LogP contribution in [-0.2, 0) is 10.5 Å². The maximum atomic E-state index is 13.5. The first kappa shape index (κ1) is 20.7. The van der Waals surface area contributed by atoms with Gasteiger partial charge in [-0.3, -0.25) is 5.11 Å². The molecule has 2 fully saturated rings. The van der Waals surface area contributed by atoms with Crippen LogP contribution in [0.5, 0.6) is 5.75 Å². The lowest BCUT2D eigenvalue weighted by Gasteiger charge is -2.31. The summed E-state index contributed by atoms with van der Waals surface area (Å²) in [5.41, 5.74) is 3.97. The molecule has 1 heteroatoms. The van der Waals surface area contributed by atoms with E-state index in [1.54, 1.807) is 0 Å². The number of unbranched alkanes of at least 4 members (excludes halogenated alkanes) is 2. The molecule has 0 N–H and O–H groups in total. The Kier molecular flexibility index (Phi) is 7.29. The third-order valence-electron chi connectivity index (χ3n) is 7.42. The third kappa shape index (κ3) is 5.09. The summed E-state index contributed by atoms with van der Waals surface area (Å²) in [5.74, 6) is 1.45. The first-order valence-electron chi connectivity index (χ1n) is 11.9. The molecule has 2 aliphatic carbocycles. The van der Waals surface area contributed by atoms with Gasteiger partial charge in [-0.1, -0.05) is 90.7 Å². The fourth-order valence-electron chi connectivity index (χ4n) is 5.46. The Morgan fingerprint density at radius 2 is 1.30 bits per heavy atom. The maximum absolute atomic E-state index is 13.5. The summed E-state index contributed by atoms with van der Waals surface area (Å²) in [6, 6.07) is 4.69. The third-order valence-corrected chi connectivity index (χ3v) is 7.42. The molecule has 0 bridgehead atoms. The van der Waals surface area contributed by atoms with E-state index in [1.165, 1.54) is 107 Å². The number of hydrogen-bond donors (Lipinski definition) is 0. The molecule has 0 heterocycles. The Balaban J connectivity index is 1.96. The van der Waals surface area contributed by atoms with Crippen LogP contribution in [0.4, 0.5) is 0 Å². The molecule has 0 aromatic heterocycles. The van der Waals surface area contributed by atoms with Crippen LogP contribution >= 0.6 is 0 Å². The SMILES string of the molecule is CCCCCC(C)(C)c1cc(C2CCCCC2)c([O])c(C2CCCCC2)c1. The minimum atomic E-state index is 0.176. The second-order valence-corrected chi connectivity index (χ2v) is 9.99. The van der Waals surface area contributed by atoms with Crippen molar-refractivity contribution < 1.29 is 5.11 Å². The van der Waals surface area contributed by atoms with Gasteiger partial charge in [0.15, 0.2) is 5.75 Å². The monoisotopic (exact) mass is 369 g/mol. The predicted octanol–water partition coefficient (Wildman–Crippen LogP) is 8.78. The van der Waals surface area contributed by atoms with Crippen LogP contribution in [0, 0.1) is 0 Å². The Morgan fingerprint density at radius 1 is 0.815 bits per heavy atom. The molecule has 0 atom stereocenters. The predicted molar refractivity (Wildman–Crippen MR) is 115 cm³/mol. The molecule has 151 valence electrons. The average Bonchev–Trinajstić information content (AvgIpc) is 2.69. The van der Waals surface area contributed by atoms with Gasteiger partial charge in [0.1, 0.15) is 0 Å². The van der Waals surface area contributed by atoms with Crippen molar-refractivity contribution in [2.24, 2.45) is 0 Å². The zero-order valence-electron chi connectivity index (χ0n) is 18.1. The van der Waals surface area contributed by atoms with E-state index in [4.69, 9.17) is 0 Å². The second kappa shape index (κ2) is 9.48. The molecule has 0 spiro atoms. The molecule has 0 amide bonds. The van der Waals surface area contributed by atoms with Crippen molar-refractivity contribution in [1.82, 2.24) is 0 Å². The molecule has 0 unspecified atom stereocenters. The van der Waals surface area contributed by atoms with Crippen molar-refractivity contribution in [2.45, 2.75) is 128 Å². The molecule has 2 saturated carbocycles. The fourth-order valence-corrected chi connectivity index (χ4v) is 5.46. The largest absolute Gasteiger partial charge is 0.289 e. The van der Waals surface area contributed by atoms with Crippen LogP contribution in [0.3, 0.4) is 0 Å². The molecule has 1 aromatic carbocycles. The molecule has 0 aliphatic heterocycles. The van der Waals surface area contributed by atoms with Gasteiger partial charge < -0.3 is 0 Å². The van der Waals surface area contributed by atoms with Crippen molar-refractivity contribution in [1.29, 1.82) is 0 Å². The first-order valence-corrected chi connectivity index (χ1v) is 11.9. The maximum Gasteiger partial charge on any atom is 0.185 e. The van der Waals surface area contributed by atoms with E-state index >= 15 is 0 Å². The van der Waals surface area contributed by atoms with Gasteiger partial charge >= 0.3 is 0 Å². The highest BCUT2D eigenvalue weighted by Crippen LogP contribution is 2.46. The topological polar surface area (TPSA) is 19.9 Å². The fraction of sp³-hybridized carbons (Fsp3) is 0.769. The molecule has 1 aromatic rings. The Hall–Kier alpha value is -0.980. The van der Waals surface area contributed by atoms with Crippen LogP contribution in [-0.4, -0.2) is 0 Å². The Labute approximate surface area is 168 Å². The molecule has 27 heavy (non-hydrogen) atoms. The van der Waals surface area contributed by atoms with E-state index in [9.17, 15) is 5.11 Å². The van der Waals surface area contributed by atoms with E-state index in [-0.39, 0.29) is 5.41 Å². The van der Waals surface area contributed by atoms with E-state index in [0.717, 1.165) is 0 Å². The highest BCUT2D eigenvalue weighted by molar-refractivity contribution is 5.49. The summed E-state index contributed by atoms with van der Waals surface area (Å²) in [6.45, 7) is 7.08. The molecule has 3 rings (SSSR count). The highest BCUT2D eigenvalue weighted by atomic mass is 16.3. The normalized spacial score (nSPS) is 20.1. The molecular formula is C26H41O. The van der Waals surface area contributed by atoms with Crippen molar-refractivity contribution in [3.8, 4) is 5.75 Å². The number of hydrogen-bond acceptors (Lipinski definition) is 0. The van der Waals surface area contributed by atoms with E-state index in [0.29, 0.717) is 17.6 Å². The van der Waals surface area contributed by atoms with Gasteiger partial charge in [-0.05, 0) is 54.9 Å². The lowest BCUT2D eigenvalue weighted by Crippen LogP contribution is -2.19. The Morgan fingerprint density at radius 3 is 1.74 bits per heavy atom. The van der Waals surface area contributed by atoms with Gasteiger partial charge in [0.05, 0.1) is 0 Å². The van der Waals surface area contributed by atoms with Gasteiger partial charge in [0, 0.05) is 11.1 Å². The van der Waals surface area contributed by atoms with Gasteiger partial charge in [-0.25, -0.2) is 0 Å². The summed E-state index contributed by atoms with van der Waals surface area (Å²) < 4.78 is 0. The zero-order chi connectivity index (χ0) is 19.3. The second-order valence-electron chi connectivity index (χ2n) is 9.99. The first-order chi connectivity index (χ1) is 13.0. The van der Waals surface area contributed by atoms with Crippen molar-refractivity contribution in [3.63, 3.8) is 0 Å². The zero-order valence-corrected chi connectivity index (χ0v) is 18.1. The van der Waals surface area contributed by atoms with E-state index in [2.05, 4.69) is 32.9 Å². The standard InChI is InChI=1S/C26H41O/c1-4-5-12-17-26(2,3)22-18-23(20-13-8-6-9-14-20)25(27)24(19-22)21-15-10-7-11-16-21/h18-21H,4-17H2,1-3H3. The lowest BCUT2D eigenvalue weighted by molar-refractivity contribution is 0.322. The average molecular weight is 370 g/mol.